The monoisotopic (exact) mass is 394 g/mol. The van der Waals surface area contributed by atoms with Crippen molar-refractivity contribution in [2.24, 2.45) is 0 Å². The van der Waals surface area contributed by atoms with Crippen LogP contribution in [0.4, 0.5) is 17.6 Å². The van der Waals surface area contributed by atoms with Crippen molar-refractivity contribution in [2.75, 3.05) is 37.2 Å². The SMILES string of the molecule is Cc1cc(CN2CCN(Cc3nc(N)nc(Nc4ccccc4C)n3)CC2)on1. The van der Waals surface area contributed by atoms with Crippen LogP contribution in [-0.2, 0) is 13.1 Å². The molecule has 0 aliphatic carbocycles. The lowest BCUT2D eigenvalue weighted by molar-refractivity contribution is 0.112. The molecular formula is C20H26N8O. The average molecular weight is 394 g/mol. The maximum absolute atomic E-state index is 5.92. The first-order valence-corrected chi connectivity index (χ1v) is 9.75. The van der Waals surface area contributed by atoms with Gasteiger partial charge in [-0.15, -0.1) is 0 Å². The molecule has 3 N–H and O–H groups in total. The van der Waals surface area contributed by atoms with Crippen LogP contribution in [0.3, 0.4) is 0 Å². The van der Waals surface area contributed by atoms with E-state index in [0.29, 0.717) is 18.3 Å². The number of benzene rings is 1. The lowest BCUT2D eigenvalue weighted by Gasteiger charge is -2.33. The van der Waals surface area contributed by atoms with E-state index in [2.05, 4.69) is 35.2 Å². The standard InChI is InChI=1S/C20H26N8O/c1-14-5-3-4-6-17(14)22-20-24-18(23-19(21)25-20)13-28-9-7-27(8-10-28)12-16-11-15(2)26-29-16/h3-6,11H,7-10,12-13H2,1-2H3,(H3,21,22,23,24,25). The van der Waals surface area contributed by atoms with Gasteiger partial charge in [0.1, 0.15) is 5.82 Å². The fraction of sp³-hybridized carbons (Fsp3) is 0.400. The van der Waals surface area contributed by atoms with Crippen molar-refractivity contribution in [1.29, 1.82) is 0 Å². The summed E-state index contributed by atoms with van der Waals surface area (Å²) in [7, 11) is 0. The fourth-order valence-electron chi connectivity index (χ4n) is 3.41. The molecule has 29 heavy (non-hydrogen) atoms. The van der Waals surface area contributed by atoms with Gasteiger partial charge in [-0.25, -0.2) is 0 Å². The van der Waals surface area contributed by atoms with Crippen LogP contribution < -0.4 is 11.1 Å². The molecule has 4 rings (SSSR count). The van der Waals surface area contributed by atoms with Crippen molar-refractivity contribution < 1.29 is 4.52 Å². The van der Waals surface area contributed by atoms with Crippen LogP contribution >= 0.6 is 0 Å². The van der Waals surface area contributed by atoms with Gasteiger partial charge in [0.05, 0.1) is 18.8 Å². The number of nitrogens with one attached hydrogen (secondary N) is 1. The Labute approximate surface area is 169 Å². The minimum Gasteiger partial charge on any atom is -0.368 e. The number of nitrogens with zero attached hydrogens (tertiary/aromatic N) is 6. The summed E-state index contributed by atoms with van der Waals surface area (Å²) in [6, 6.07) is 9.98. The summed E-state index contributed by atoms with van der Waals surface area (Å²) in [6.07, 6.45) is 0. The van der Waals surface area contributed by atoms with Crippen molar-refractivity contribution in [2.45, 2.75) is 26.9 Å². The summed E-state index contributed by atoms with van der Waals surface area (Å²) in [6.45, 7) is 9.17. The minimum atomic E-state index is 0.227. The summed E-state index contributed by atoms with van der Waals surface area (Å²) in [5.74, 6) is 2.28. The largest absolute Gasteiger partial charge is 0.368 e. The molecule has 0 radical (unpaired) electrons. The second-order valence-corrected chi connectivity index (χ2v) is 7.36. The van der Waals surface area contributed by atoms with Crippen LogP contribution in [0.2, 0.25) is 0 Å². The lowest BCUT2D eigenvalue weighted by Crippen LogP contribution is -2.45. The number of nitrogen functional groups attached to an aromatic ring is 1. The Morgan fingerprint density at radius 3 is 2.41 bits per heavy atom. The van der Waals surface area contributed by atoms with Gasteiger partial charge >= 0.3 is 0 Å². The highest BCUT2D eigenvalue weighted by Crippen LogP contribution is 2.18. The Hall–Kier alpha value is -3.04. The molecule has 3 aromatic rings. The first kappa shape index (κ1) is 19.3. The molecule has 152 valence electrons. The molecule has 1 aliphatic heterocycles. The first-order valence-electron chi connectivity index (χ1n) is 9.75. The topological polar surface area (TPSA) is 109 Å². The van der Waals surface area contributed by atoms with Crippen molar-refractivity contribution >= 4 is 17.6 Å². The number of hydrogen-bond acceptors (Lipinski definition) is 9. The van der Waals surface area contributed by atoms with E-state index < -0.39 is 0 Å². The average Bonchev–Trinajstić information content (AvgIpc) is 3.09. The van der Waals surface area contributed by atoms with E-state index in [1.165, 1.54) is 0 Å². The molecule has 3 heterocycles. The van der Waals surface area contributed by atoms with Crippen molar-refractivity contribution in [3.8, 4) is 0 Å². The molecule has 9 nitrogen and oxygen atoms in total. The normalized spacial score (nSPS) is 15.5. The van der Waals surface area contributed by atoms with Crippen LogP contribution in [-0.4, -0.2) is 56.1 Å². The highest BCUT2D eigenvalue weighted by Gasteiger charge is 2.20. The van der Waals surface area contributed by atoms with E-state index in [-0.39, 0.29) is 5.95 Å². The second-order valence-electron chi connectivity index (χ2n) is 7.36. The predicted molar refractivity (Wildman–Crippen MR) is 110 cm³/mol. The Bertz CT molecular complexity index is 965. The van der Waals surface area contributed by atoms with Gasteiger partial charge in [0, 0.05) is 37.9 Å². The molecule has 1 aliphatic rings. The number of nitrogens with two attached hydrogens (primary N) is 1. The van der Waals surface area contributed by atoms with Gasteiger partial charge in [0.15, 0.2) is 5.76 Å². The molecule has 1 aromatic carbocycles. The van der Waals surface area contributed by atoms with E-state index >= 15 is 0 Å². The number of anilines is 3. The van der Waals surface area contributed by atoms with Gasteiger partial charge in [-0.1, -0.05) is 23.4 Å². The number of rotatable bonds is 6. The Morgan fingerprint density at radius 2 is 1.72 bits per heavy atom. The zero-order valence-corrected chi connectivity index (χ0v) is 16.8. The lowest BCUT2D eigenvalue weighted by atomic mass is 10.2. The highest BCUT2D eigenvalue weighted by molar-refractivity contribution is 5.58. The zero-order chi connectivity index (χ0) is 20.2. The maximum atomic E-state index is 5.92. The van der Waals surface area contributed by atoms with Crippen molar-refractivity contribution in [3.05, 3.63) is 53.2 Å². The third-order valence-corrected chi connectivity index (χ3v) is 4.98. The Morgan fingerprint density at radius 1 is 1.00 bits per heavy atom. The van der Waals surface area contributed by atoms with E-state index in [1.807, 2.05) is 44.2 Å². The summed E-state index contributed by atoms with van der Waals surface area (Å²) in [5.41, 5.74) is 8.91. The maximum Gasteiger partial charge on any atom is 0.232 e. The van der Waals surface area contributed by atoms with Gasteiger partial charge < -0.3 is 15.6 Å². The Balaban J connectivity index is 1.35. The summed E-state index contributed by atoms with van der Waals surface area (Å²) in [5, 5.41) is 7.19. The summed E-state index contributed by atoms with van der Waals surface area (Å²) >= 11 is 0. The van der Waals surface area contributed by atoms with Crippen molar-refractivity contribution in [1.82, 2.24) is 29.9 Å². The van der Waals surface area contributed by atoms with Crippen molar-refractivity contribution in [3.63, 3.8) is 0 Å². The van der Waals surface area contributed by atoms with Crippen LogP contribution in [0.1, 0.15) is 22.8 Å². The third-order valence-electron chi connectivity index (χ3n) is 4.98. The van der Waals surface area contributed by atoms with Crippen LogP contribution in [0.25, 0.3) is 0 Å². The summed E-state index contributed by atoms with van der Waals surface area (Å²) < 4.78 is 5.32. The smallest absolute Gasteiger partial charge is 0.232 e. The number of aromatic nitrogens is 4. The first-order chi connectivity index (χ1) is 14.0. The van der Waals surface area contributed by atoms with E-state index in [0.717, 1.165) is 55.4 Å². The molecule has 9 heteroatoms. The van der Waals surface area contributed by atoms with Gasteiger partial charge in [0.2, 0.25) is 11.9 Å². The van der Waals surface area contributed by atoms with Gasteiger partial charge in [-0.05, 0) is 25.5 Å². The summed E-state index contributed by atoms with van der Waals surface area (Å²) in [4.78, 5) is 17.8. The number of piperazine rings is 1. The predicted octanol–water partition coefficient (Wildman–Crippen LogP) is 2.12. The Kier molecular flexibility index (Phi) is 5.68. The van der Waals surface area contributed by atoms with E-state index in [4.69, 9.17) is 10.3 Å². The molecule has 0 amide bonds. The number of hydrogen-bond donors (Lipinski definition) is 2. The molecule has 0 atom stereocenters. The number of aryl methyl sites for hydroxylation is 2. The highest BCUT2D eigenvalue weighted by atomic mass is 16.5. The van der Waals surface area contributed by atoms with Crippen LogP contribution in [0, 0.1) is 13.8 Å². The number of para-hydroxylation sites is 1. The van der Waals surface area contributed by atoms with Gasteiger partial charge in [-0.2, -0.15) is 15.0 Å². The van der Waals surface area contributed by atoms with Gasteiger partial charge in [-0.3, -0.25) is 9.80 Å². The van der Waals surface area contributed by atoms with Crippen LogP contribution in [0.15, 0.2) is 34.9 Å². The minimum absolute atomic E-state index is 0.227. The molecular weight excluding hydrogens is 368 g/mol. The molecule has 0 spiro atoms. The van der Waals surface area contributed by atoms with E-state index in [1.54, 1.807) is 0 Å². The van der Waals surface area contributed by atoms with Gasteiger partial charge in [0.25, 0.3) is 0 Å². The zero-order valence-electron chi connectivity index (χ0n) is 16.8. The molecule has 0 unspecified atom stereocenters. The molecule has 1 fully saturated rings. The molecule has 0 saturated carbocycles. The molecule has 0 bridgehead atoms. The molecule has 2 aromatic heterocycles. The van der Waals surface area contributed by atoms with E-state index in [9.17, 15) is 0 Å². The second kappa shape index (κ2) is 8.54. The quantitative estimate of drug-likeness (QED) is 0.649. The fourth-order valence-corrected chi connectivity index (χ4v) is 3.41. The van der Waals surface area contributed by atoms with Crippen LogP contribution in [0.5, 0.6) is 0 Å². The third kappa shape index (κ3) is 5.07. The molecule has 1 saturated heterocycles.